The number of carboxylic acids is 1. The van der Waals surface area contributed by atoms with Crippen molar-refractivity contribution in [1.29, 1.82) is 0 Å². The van der Waals surface area contributed by atoms with Crippen molar-refractivity contribution in [3.63, 3.8) is 0 Å². The van der Waals surface area contributed by atoms with E-state index in [9.17, 15) is 4.79 Å². The molecule has 0 aromatic rings. The number of carbonyl (C=O) groups is 1. The first-order chi connectivity index (χ1) is 11.8. The fourth-order valence-corrected chi connectivity index (χ4v) is 2.60. The van der Waals surface area contributed by atoms with Crippen molar-refractivity contribution in [2.75, 3.05) is 0 Å². The van der Waals surface area contributed by atoms with Crippen LogP contribution in [0, 0.1) is 0 Å². The third-order valence-electron chi connectivity index (χ3n) is 4.04. The minimum absolute atomic E-state index is 0.333. The first-order valence-corrected chi connectivity index (χ1v) is 9.94. The molecule has 1 N–H and O–H groups in total. The molecule has 0 aromatic heterocycles. The highest BCUT2D eigenvalue weighted by molar-refractivity contribution is 5.66. The minimum atomic E-state index is -0.663. The largest absolute Gasteiger partial charge is 0.481 e. The summed E-state index contributed by atoms with van der Waals surface area (Å²) in [7, 11) is 0. The topological polar surface area (TPSA) is 37.3 Å². The van der Waals surface area contributed by atoms with Gasteiger partial charge in [-0.25, -0.2) is 0 Å². The van der Waals surface area contributed by atoms with E-state index in [4.69, 9.17) is 5.11 Å². The maximum atomic E-state index is 10.4. The molecular formula is C22H38O2. The quantitative estimate of drug-likeness (QED) is 0.225. The van der Waals surface area contributed by atoms with Gasteiger partial charge in [0.2, 0.25) is 0 Å². The van der Waals surface area contributed by atoms with E-state index in [1.807, 2.05) is 0 Å². The van der Waals surface area contributed by atoms with E-state index >= 15 is 0 Å². The van der Waals surface area contributed by atoms with Gasteiger partial charge in [0.1, 0.15) is 0 Å². The SMILES string of the molecule is CC/C=C/C/C=C\C/C=C/CCCCCCCCCCCC(=O)O. The molecule has 0 saturated heterocycles. The van der Waals surface area contributed by atoms with Crippen molar-refractivity contribution in [1.82, 2.24) is 0 Å². The highest BCUT2D eigenvalue weighted by Gasteiger charge is 1.96. The van der Waals surface area contributed by atoms with E-state index in [0.717, 1.165) is 32.1 Å². The van der Waals surface area contributed by atoms with Crippen LogP contribution in [-0.2, 0) is 4.79 Å². The number of unbranched alkanes of at least 4 members (excludes halogenated alkanes) is 9. The van der Waals surface area contributed by atoms with Crippen LogP contribution >= 0.6 is 0 Å². The Kier molecular flexibility index (Phi) is 18.7. The molecule has 2 nitrogen and oxygen atoms in total. The van der Waals surface area contributed by atoms with Gasteiger partial charge in [-0.15, -0.1) is 0 Å². The Morgan fingerprint density at radius 1 is 0.667 bits per heavy atom. The number of rotatable bonds is 17. The molecule has 0 radical (unpaired) electrons. The second-order valence-electron chi connectivity index (χ2n) is 6.41. The fraction of sp³-hybridized carbons (Fsp3) is 0.682. The molecule has 0 bridgehead atoms. The summed E-state index contributed by atoms with van der Waals surface area (Å²) in [5.74, 6) is -0.663. The average molecular weight is 335 g/mol. The van der Waals surface area contributed by atoms with Crippen LogP contribution in [0.3, 0.4) is 0 Å². The van der Waals surface area contributed by atoms with Crippen molar-refractivity contribution in [3.8, 4) is 0 Å². The molecule has 0 aliphatic heterocycles. The standard InChI is InChI=1S/C22H38O2/c1-2-3-4-5-6-7-8-9-10-11-12-13-14-15-16-17-18-19-20-21-22(23)24/h3-4,6-7,9-10H,2,5,8,11-21H2,1H3,(H,23,24)/b4-3+,7-6-,10-9+. The molecule has 0 aliphatic rings. The summed E-state index contributed by atoms with van der Waals surface area (Å²) in [5.41, 5.74) is 0. The van der Waals surface area contributed by atoms with Gasteiger partial charge in [0.15, 0.2) is 0 Å². The second-order valence-corrected chi connectivity index (χ2v) is 6.41. The highest BCUT2D eigenvalue weighted by atomic mass is 16.4. The highest BCUT2D eigenvalue weighted by Crippen LogP contribution is 2.11. The smallest absolute Gasteiger partial charge is 0.303 e. The zero-order valence-electron chi connectivity index (χ0n) is 15.7. The third kappa shape index (κ3) is 20.7. The van der Waals surface area contributed by atoms with Crippen LogP contribution in [0.1, 0.15) is 96.8 Å². The van der Waals surface area contributed by atoms with Gasteiger partial charge in [-0.1, -0.05) is 88.3 Å². The van der Waals surface area contributed by atoms with Crippen LogP contribution in [0.15, 0.2) is 36.5 Å². The summed E-state index contributed by atoms with van der Waals surface area (Å²) in [6, 6.07) is 0. The summed E-state index contributed by atoms with van der Waals surface area (Å²) in [6.07, 6.45) is 29.3. The number of hydrogen-bond donors (Lipinski definition) is 1. The average Bonchev–Trinajstić information content (AvgIpc) is 2.56. The molecule has 0 fully saturated rings. The summed E-state index contributed by atoms with van der Waals surface area (Å²) in [6.45, 7) is 2.16. The summed E-state index contributed by atoms with van der Waals surface area (Å²) in [4.78, 5) is 10.4. The van der Waals surface area contributed by atoms with Crippen molar-refractivity contribution in [3.05, 3.63) is 36.5 Å². The fourth-order valence-electron chi connectivity index (χ4n) is 2.60. The van der Waals surface area contributed by atoms with E-state index in [2.05, 4.69) is 43.4 Å². The van der Waals surface area contributed by atoms with Crippen LogP contribution in [0.2, 0.25) is 0 Å². The van der Waals surface area contributed by atoms with Crippen molar-refractivity contribution < 1.29 is 9.90 Å². The van der Waals surface area contributed by atoms with E-state index in [-0.39, 0.29) is 0 Å². The molecule has 0 atom stereocenters. The normalized spacial score (nSPS) is 12.0. The van der Waals surface area contributed by atoms with Crippen molar-refractivity contribution >= 4 is 5.97 Å². The lowest BCUT2D eigenvalue weighted by atomic mass is 10.1. The lowest BCUT2D eigenvalue weighted by molar-refractivity contribution is -0.137. The van der Waals surface area contributed by atoms with Gasteiger partial charge in [-0.05, 0) is 38.5 Å². The van der Waals surface area contributed by atoms with Gasteiger partial charge >= 0.3 is 5.97 Å². The molecule has 0 unspecified atom stereocenters. The molecule has 0 rings (SSSR count). The van der Waals surface area contributed by atoms with Crippen LogP contribution in [0.25, 0.3) is 0 Å². The summed E-state index contributed by atoms with van der Waals surface area (Å²) < 4.78 is 0. The van der Waals surface area contributed by atoms with Crippen molar-refractivity contribution in [2.45, 2.75) is 96.8 Å². The Morgan fingerprint density at radius 2 is 1.12 bits per heavy atom. The number of allylic oxidation sites excluding steroid dienone is 6. The Hall–Kier alpha value is -1.31. The van der Waals surface area contributed by atoms with E-state index in [0.29, 0.717) is 6.42 Å². The second kappa shape index (κ2) is 19.7. The van der Waals surface area contributed by atoms with Gasteiger partial charge in [0.25, 0.3) is 0 Å². The minimum Gasteiger partial charge on any atom is -0.481 e. The summed E-state index contributed by atoms with van der Waals surface area (Å²) in [5, 5.41) is 8.55. The van der Waals surface area contributed by atoms with Crippen LogP contribution in [0.4, 0.5) is 0 Å². The first kappa shape index (κ1) is 22.7. The Labute approximate surface area is 149 Å². The molecule has 2 heteroatoms. The number of hydrogen-bond acceptors (Lipinski definition) is 1. The monoisotopic (exact) mass is 334 g/mol. The molecule has 0 aromatic carbocycles. The molecule has 24 heavy (non-hydrogen) atoms. The molecular weight excluding hydrogens is 296 g/mol. The number of carboxylic acid groups (broad SMARTS) is 1. The van der Waals surface area contributed by atoms with Crippen LogP contribution in [-0.4, -0.2) is 11.1 Å². The first-order valence-electron chi connectivity index (χ1n) is 9.94. The van der Waals surface area contributed by atoms with Gasteiger partial charge in [-0.2, -0.15) is 0 Å². The van der Waals surface area contributed by atoms with Gasteiger partial charge < -0.3 is 5.11 Å². The Balaban J connectivity index is 3.18. The zero-order chi connectivity index (χ0) is 17.7. The predicted molar refractivity (Wildman–Crippen MR) is 105 cm³/mol. The van der Waals surface area contributed by atoms with Gasteiger partial charge in [-0.3, -0.25) is 4.79 Å². The summed E-state index contributed by atoms with van der Waals surface area (Å²) >= 11 is 0. The lowest BCUT2D eigenvalue weighted by Crippen LogP contribution is -1.93. The van der Waals surface area contributed by atoms with E-state index in [1.165, 1.54) is 51.4 Å². The Bertz CT molecular complexity index is 353. The molecule has 138 valence electrons. The number of aliphatic carboxylic acids is 1. The third-order valence-corrected chi connectivity index (χ3v) is 4.04. The predicted octanol–water partition coefficient (Wildman–Crippen LogP) is 7.22. The molecule has 0 amide bonds. The Morgan fingerprint density at radius 3 is 1.67 bits per heavy atom. The van der Waals surface area contributed by atoms with Crippen LogP contribution < -0.4 is 0 Å². The molecule has 0 aliphatic carbocycles. The van der Waals surface area contributed by atoms with E-state index in [1.54, 1.807) is 0 Å². The molecule has 0 saturated carbocycles. The van der Waals surface area contributed by atoms with Gasteiger partial charge in [0.05, 0.1) is 0 Å². The molecule has 0 heterocycles. The van der Waals surface area contributed by atoms with Crippen LogP contribution in [0.5, 0.6) is 0 Å². The van der Waals surface area contributed by atoms with Crippen molar-refractivity contribution in [2.24, 2.45) is 0 Å². The maximum absolute atomic E-state index is 10.4. The molecule has 0 spiro atoms. The van der Waals surface area contributed by atoms with E-state index < -0.39 is 5.97 Å². The van der Waals surface area contributed by atoms with Gasteiger partial charge in [0, 0.05) is 6.42 Å². The zero-order valence-corrected chi connectivity index (χ0v) is 15.7. The lowest BCUT2D eigenvalue weighted by Gasteiger charge is -2.01. The maximum Gasteiger partial charge on any atom is 0.303 e.